The van der Waals surface area contributed by atoms with Gasteiger partial charge in [-0.1, -0.05) is 6.92 Å². The second kappa shape index (κ2) is 6.71. The number of nitrogens with two attached hydrogens (primary N) is 1. The summed E-state index contributed by atoms with van der Waals surface area (Å²) in [6.07, 6.45) is 2.14. The number of carbonyl (C=O) groups is 1. The van der Waals surface area contributed by atoms with Gasteiger partial charge in [-0.15, -0.1) is 0 Å². The molecule has 1 fully saturated rings. The number of pyridine rings is 2. The van der Waals surface area contributed by atoms with E-state index in [1.807, 2.05) is 0 Å². The Morgan fingerprint density at radius 1 is 1.30 bits per heavy atom. The van der Waals surface area contributed by atoms with Crippen LogP contribution < -0.4 is 11.3 Å². The van der Waals surface area contributed by atoms with Crippen LogP contribution in [0.4, 0.5) is 4.39 Å². The molecule has 2 atom stereocenters. The summed E-state index contributed by atoms with van der Waals surface area (Å²) in [6, 6.07) is 4.62. The maximum atomic E-state index is 14.5. The molecule has 33 heavy (non-hydrogen) atoms. The smallest absolute Gasteiger partial charge is 0.343 e. The first-order valence-corrected chi connectivity index (χ1v) is 11.3. The molecule has 6 rings (SSSR count). The molecule has 1 aliphatic carbocycles. The highest BCUT2D eigenvalue weighted by molar-refractivity contribution is 5.90. The molecule has 3 N–H and O–H groups in total. The van der Waals surface area contributed by atoms with Crippen LogP contribution in [0.1, 0.15) is 60.0 Å². The number of nitrogens with zero attached hydrogens (tertiary/aromatic N) is 2. The number of esters is 1. The van der Waals surface area contributed by atoms with Crippen LogP contribution in [0.5, 0.6) is 0 Å². The average molecular weight is 449 g/mol. The Bertz CT molecular complexity index is 1440. The van der Waals surface area contributed by atoms with Crippen LogP contribution in [0.15, 0.2) is 23.0 Å². The number of hydrogen-bond acceptors (Lipinski definition) is 6. The molecule has 8 heteroatoms. The van der Waals surface area contributed by atoms with Crippen molar-refractivity contribution in [3.05, 3.63) is 62.2 Å². The minimum Gasteiger partial charge on any atom is -0.458 e. The third-order valence-corrected chi connectivity index (χ3v) is 7.48. The van der Waals surface area contributed by atoms with Crippen LogP contribution in [-0.2, 0) is 28.3 Å². The molecule has 1 aromatic carbocycles. The Hall–Kier alpha value is -3.10. The molecule has 2 aromatic heterocycles. The molecule has 1 saturated carbocycles. The number of benzene rings is 1. The molecule has 0 amide bonds. The third kappa shape index (κ3) is 2.71. The van der Waals surface area contributed by atoms with E-state index in [2.05, 4.69) is 0 Å². The van der Waals surface area contributed by atoms with E-state index in [0.29, 0.717) is 28.4 Å². The number of cyclic esters (lactones) is 1. The number of fused-ring (bicyclic) bond motifs is 5. The summed E-state index contributed by atoms with van der Waals surface area (Å²) in [5.74, 6) is -0.778. The lowest BCUT2D eigenvalue weighted by atomic mass is 9.86. The minimum atomic E-state index is -1.89. The maximum Gasteiger partial charge on any atom is 0.343 e. The van der Waals surface area contributed by atoms with Gasteiger partial charge < -0.3 is 20.1 Å². The Morgan fingerprint density at radius 3 is 2.76 bits per heavy atom. The van der Waals surface area contributed by atoms with E-state index < -0.39 is 11.6 Å². The van der Waals surface area contributed by atoms with E-state index in [9.17, 15) is 19.1 Å². The molecule has 0 saturated heterocycles. The molecular weight excluding hydrogens is 425 g/mol. The van der Waals surface area contributed by atoms with Crippen molar-refractivity contribution in [2.24, 2.45) is 11.7 Å². The third-order valence-electron chi connectivity index (χ3n) is 7.48. The molecule has 0 radical (unpaired) electrons. The fourth-order valence-corrected chi connectivity index (χ4v) is 5.31. The standard InChI is InChI=1S/C25H24FN3O4/c1-3-25(32)16-7-19-22-14(9-29(19)23(30)15(16)10-33-24(25)31)20(21(27)12-4-5-12)13-6-11(2)17(26)8-18(13)28-22/h6-8,12,21,32H,3-5,9-10,27H2,1-2H3/t21-,25-/m0/s1. The van der Waals surface area contributed by atoms with Gasteiger partial charge >= 0.3 is 5.97 Å². The highest BCUT2D eigenvalue weighted by Crippen LogP contribution is 2.46. The molecule has 7 nitrogen and oxygen atoms in total. The number of hydrogen-bond donors (Lipinski definition) is 2. The van der Waals surface area contributed by atoms with E-state index in [1.165, 1.54) is 6.07 Å². The number of ether oxygens (including phenoxy) is 1. The van der Waals surface area contributed by atoms with Crippen LogP contribution in [0, 0.1) is 18.7 Å². The predicted molar refractivity (Wildman–Crippen MR) is 119 cm³/mol. The van der Waals surface area contributed by atoms with E-state index in [0.717, 1.165) is 29.4 Å². The van der Waals surface area contributed by atoms with Crippen molar-refractivity contribution in [3.8, 4) is 11.4 Å². The van der Waals surface area contributed by atoms with Crippen molar-refractivity contribution < 1.29 is 19.0 Å². The van der Waals surface area contributed by atoms with Gasteiger partial charge in [-0.25, -0.2) is 14.2 Å². The van der Waals surface area contributed by atoms with Crippen molar-refractivity contribution in [2.75, 3.05) is 0 Å². The van der Waals surface area contributed by atoms with Gasteiger partial charge in [0, 0.05) is 28.6 Å². The quantitative estimate of drug-likeness (QED) is 0.466. The van der Waals surface area contributed by atoms with Gasteiger partial charge in [0.2, 0.25) is 0 Å². The Kier molecular flexibility index (Phi) is 4.17. The zero-order valence-electron chi connectivity index (χ0n) is 18.4. The number of rotatable bonds is 3. The van der Waals surface area contributed by atoms with Crippen molar-refractivity contribution in [1.29, 1.82) is 0 Å². The van der Waals surface area contributed by atoms with Crippen molar-refractivity contribution >= 4 is 16.9 Å². The maximum absolute atomic E-state index is 14.5. The molecule has 3 aliphatic rings. The van der Waals surface area contributed by atoms with Crippen LogP contribution in [0.25, 0.3) is 22.3 Å². The first-order valence-electron chi connectivity index (χ1n) is 11.3. The lowest BCUT2D eigenvalue weighted by Gasteiger charge is -2.31. The number of carbonyl (C=O) groups excluding carboxylic acids is 1. The first-order chi connectivity index (χ1) is 15.7. The molecule has 3 aromatic rings. The number of aliphatic hydroxyl groups is 1. The monoisotopic (exact) mass is 449 g/mol. The van der Waals surface area contributed by atoms with Gasteiger partial charge in [0.15, 0.2) is 5.60 Å². The van der Waals surface area contributed by atoms with E-state index >= 15 is 0 Å². The van der Waals surface area contributed by atoms with Crippen molar-refractivity contribution in [1.82, 2.24) is 9.55 Å². The number of halogens is 1. The predicted octanol–water partition coefficient (Wildman–Crippen LogP) is 2.94. The van der Waals surface area contributed by atoms with Crippen molar-refractivity contribution in [3.63, 3.8) is 0 Å². The largest absolute Gasteiger partial charge is 0.458 e. The lowest BCUT2D eigenvalue weighted by Crippen LogP contribution is -2.44. The normalized spacial score (nSPS) is 22.0. The summed E-state index contributed by atoms with van der Waals surface area (Å²) < 4.78 is 21.2. The second-order valence-electron chi connectivity index (χ2n) is 9.44. The summed E-state index contributed by atoms with van der Waals surface area (Å²) in [5, 5.41) is 11.9. The number of aryl methyl sites for hydroxylation is 1. The van der Waals surface area contributed by atoms with E-state index in [-0.39, 0.29) is 48.1 Å². The SMILES string of the molecule is CC[C@@]1(O)C(=O)OCc2c1cc1n(c2=O)Cc2c-1nc1cc(F)c(C)cc1c2[C@@H](N)C1CC1. The zero-order valence-corrected chi connectivity index (χ0v) is 18.4. The minimum absolute atomic E-state index is 0.0715. The fraction of sp³-hybridized carbons (Fsp3) is 0.400. The Morgan fingerprint density at radius 2 is 2.06 bits per heavy atom. The van der Waals surface area contributed by atoms with Crippen molar-refractivity contribution in [2.45, 2.75) is 57.9 Å². The van der Waals surface area contributed by atoms with Crippen LogP contribution >= 0.6 is 0 Å². The highest BCUT2D eigenvalue weighted by Gasteiger charge is 2.46. The molecular formula is C25H24FN3O4. The first kappa shape index (κ1) is 20.5. The summed E-state index contributed by atoms with van der Waals surface area (Å²) in [7, 11) is 0. The second-order valence-corrected chi connectivity index (χ2v) is 9.44. The van der Waals surface area contributed by atoms with Gasteiger partial charge in [0.05, 0.1) is 29.0 Å². The molecule has 0 unspecified atom stereocenters. The topological polar surface area (TPSA) is 107 Å². The average Bonchev–Trinajstić information content (AvgIpc) is 3.58. The van der Waals surface area contributed by atoms with Crippen LogP contribution in [0.3, 0.4) is 0 Å². The van der Waals surface area contributed by atoms with Gasteiger partial charge in [0.25, 0.3) is 5.56 Å². The van der Waals surface area contributed by atoms with Gasteiger partial charge in [-0.3, -0.25) is 4.79 Å². The molecule has 0 spiro atoms. The summed E-state index contributed by atoms with van der Waals surface area (Å²) >= 11 is 0. The molecule has 170 valence electrons. The highest BCUT2D eigenvalue weighted by atomic mass is 19.1. The Labute approximate surface area is 189 Å². The number of aromatic nitrogens is 2. The van der Waals surface area contributed by atoms with Gasteiger partial charge in [0.1, 0.15) is 12.4 Å². The van der Waals surface area contributed by atoms with Gasteiger partial charge in [-0.2, -0.15) is 0 Å². The van der Waals surface area contributed by atoms with Crippen LogP contribution in [0.2, 0.25) is 0 Å². The summed E-state index contributed by atoms with van der Waals surface area (Å²) in [6.45, 7) is 3.48. The molecule has 2 aliphatic heterocycles. The van der Waals surface area contributed by atoms with E-state index in [1.54, 1.807) is 30.5 Å². The molecule has 0 bridgehead atoms. The lowest BCUT2D eigenvalue weighted by molar-refractivity contribution is -0.172. The summed E-state index contributed by atoms with van der Waals surface area (Å²) in [4.78, 5) is 30.6. The molecule has 4 heterocycles. The van der Waals surface area contributed by atoms with Crippen LogP contribution in [-0.4, -0.2) is 20.6 Å². The fourth-order valence-electron chi connectivity index (χ4n) is 5.31. The van der Waals surface area contributed by atoms with Gasteiger partial charge in [-0.05, 0) is 55.4 Å². The zero-order chi connectivity index (χ0) is 23.2. The summed E-state index contributed by atoms with van der Waals surface area (Å²) in [5.41, 5.74) is 8.81. The van der Waals surface area contributed by atoms with E-state index in [4.69, 9.17) is 15.5 Å². The Balaban J connectivity index is 1.67.